The Balaban J connectivity index is 1.49. The van der Waals surface area contributed by atoms with E-state index < -0.39 is 0 Å². The second-order valence-electron chi connectivity index (χ2n) is 5.33. The molecule has 25 heavy (non-hydrogen) atoms. The third-order valence-corrected chi connectivity index (χ3v) is 3.81. The Bertz CT molecular complexity index is 819. The number of nitrogens with one attached hydrogen (secondary N) is 2. The fourth-order valence-corrected chi connectivity index (χ4v) is 2.41. The zero-order valence-corrected chi connectivity index (χ0v) is 14.1. The molecular formula is C17H17ClN6O. The molecule has 3 rings (SSSR count). The standard InChI is InChI=1S/C17H17ClN6O/c18-14-6-8-15(9-7-14)24-16(21-22-23-24)12-20-17(25)19-11-10-13-4-2-1-3-5-13/h1-9H,10-12H2,(H2,19,20,25). The van der Waals surface area contributed by atoms with Gasteiger partial charge in [0.05, 0.1) is 12.2 Å². The molecule has 2 amide bonds. The first kappa shape index (κ1) is 16.9. The van der Waals surface area contributed by atoms with Gasteiger partial charge in [-0.1, -0.05) is 41.9 Å². The van der Waals surface area contributed by atoms with Crippen LogP contribution in [0.1, 0.15) is 11.4 Å². The van der Waals surface area contributed by atoms with Crippen LogP contribution >= 0.6 is 11.6 Å². The summed E-state index contributed by atoms with van der Waals surface area (Å²) < 4.78 is 1.56. The highest BCUT2D eigenvalue weighted by Crippen LogP contribution is 2.13. The van der Waals surface area contributed by atoms with Gasteiger partial charge in [-0.25, -0.2) is 4.79 Å². The predicted octanol–water partition coefficient (Wildman–Crippen LogP) is 2.36. The number of benzene rings is 2. The van der Waals surface area contributed by atoms with Gasteiger partial charge in [0.15, 0.2) is 5.82 Å². The van der Waals surface area contributed by atoms with Crippen molar-refractivity contribution in [3.63, 3.8) is 0 Å². The first-order valence-corrected chi connectivity index (χ1v) is 8.19. The van der Waals surface area contributed by atoms with E-state index in [0.717, 1.165) is 12.1 Å². The van der Waals surface area contributed by atoms with Gasteiger partial charge in [-0.2, -0.15) is 4.68 Å². The Morgan fingerprint density at radius 2 is 1.80 bits per heavy atom. The minimum absolute atomic E-state index is 0.215. The Morgan fingerprint density at radius 1 is 1.04 bits per heavy atom. The lowest BCUT2D eigenvalue weighted by Crippen LogP contribution is -2.36. The molecule has 2 aromatic carbocycles. The number of halogens is 1. The number of rotatable bonds is 6. The molecule has 0 saturated carbocycles. The Morgan fingerprint density at radius 3 is 2.56 bits per heavy atom. The minimum atomic E-state index is -0.262. The van der Waals surface area contributed by atoms with Gasteiger partial charge in [0, 0.05) is 11.6 Å². The first-order chi connectivity index (χ1) is 12.2. The number of amides is 2. The third-order valence-electron chi connectivity index (χ3n) is 3.55. The summed E-state index contributed by atoms with van der Waals surface area (Å²) in [6.45, 7) is 0.769. The van der Waals surface area contributed by atoms with Crippen LogP contribution in [0.4, 0.5) is 4.79 Å². The second-order valence-corrected chi connectivity index (χ2v) is 5.76. The van der Waals surface area contributed by atoms with E-state index in [1.165, 1.54) is 5.56 Å². The van der Waals surface area contributed by atoms with Gasteiger partial charge in [-0.05, 0) is 46.7 Å². The van der Waals surface area contributed by atoms with Crippen molar-refractivity contribution in [1.29, 1.82) is 0 Å². The zero-order chi connectivity index (χ0) is 17.5. The molecular weight excluding hydrogens is 340 g/mol. The number of urea groups is 1. The van der Waals surface area contributed by atoms with Crippen molar-refractivity contribution in [2.45, 2.75) is 13.0 Å². The number of tetrazole rings is 1. The molecule has 0 aliphatic rings. The lowest BCUT2D eigenvalue weighted by atomic mass is 10.1. The molecule has 0 aliphatic heterocycles. The number of nitrogens with zero attached hydrogens (tertiary/aromatic N) is 4. The minimum Gasteiger partial charge on any atom is -0.338 e. The highest BCUT2D eigenvalue weighted by atomic mass is 35.5. The van der Waals surface area contributed by atoms with E-state index in [4.69, 9.17) is 11.6 Å². The maximum absolute atomic E-state index is 11.9. The summed E-state index contributed by atoms with van der Waals surface area (Å²) in [7, 11) is 0. The molecule has 0 fully saturated rings. The Hall–Kier alpha value is -2.93. The van der Waals surface area contributed by atoms with Crippen molar-refractivity contribution in [3.05, 3.63) is 71.0 Å². The Labute approximate surface area is 150 Å². The molecule has 1 heterocycles. The van der Waals surface area contributed by atoms with Crippen molar-refractivity contribution in [3.8, 4) is 5.69 Å². The molecule has 0 radical (unpaired) electrons. The quantitative estimate of drug-likeness (QED) is 0.710. The number of aromatic nitrogens is 4. The fourth-order valence-electron chi connectivity index (χ4n) is 2.29. The van der Waals surface area contributed by atoms with Crippen LogP contribution in [0.15, 0.2) is 54.6 Å². The van der Waals surface area contributed by atoms with Crippen LogP contribution in [-0.4, -0.2) is 32.8 Å². The van der Waals surface area contributed by atoms with Crippen LogP contribution in [0.3, 0.4) is 0 Å². The molecule has 2 N–H and O–H groups in total. The molecule has 128 valence electrons. The normalized spacial score (nSPS) is 10.4. The van der Waals surface area contributed by atoms with Crippen LogP contribution in [0.25, 0.3) is 5.69 Å². The lowest BCUT2D eigenvalue weighted by molar-refractivity contribution is 0.240. The average Bonchev–Trinajstić information content (AvgIpc) is 3.10. The van der Waals surface area contributed by atoms with E-state index in [0.29, 0.717) is 17.4 Å². The van der Waals surface area contributed by atoms with E-state index in [1.54, 1.807) is 16.8 Å². The zero-order valence-electron chi connectivity index (χ0n) is 13.4. The summed E-state index contributed by atoms with van der Waals surface area (Å²) in [6, 6.07) is 16.8. The number of hydrogen-bond donors (Lipinski definition) is 2. The summed E-state index contributed by atoms with van der Waals surface area (Å²) in [5.74, 6) is 0.528. The highest BCUT2D eigenvalue weighted by Gasteiger charge is 2.09. The number of hydrogen-bond acceptors (Lipinski definition) is 4. The van der Waals surface area contributed by atoms with E-state index in [2.05, 4.69) is 26.2 Å². The summed E-state index contributed by atoms with van der Waals surface area (Å²) in [5.41, 5.74) is 1.95. The number of carbonyl (C=O) groups is 1. The predicted molar refractivity (Wildman–Crippen MR) is 94.5 cm³/mol. The van der Waals surface area contributed by atoms with Crippen molar-refractivity contribution >= 4 is 17.6 Å². The van der Waals surface area contributed by atoms with Crippen molar-refractivity contribution < 1.29 is 4.79 Å². The summed E-state index contributed by atoms with van der Waals surface area (Å²) in [6.07, 6.45) is 0.775. The van der Waals surface area contributed by atoms with Crippen LogP contribution in [0.5, 0.6) is 0 Å². The van der Waals surface area contributed by atoms with E-state index in [9.17, 15) is 4.79 Å². The number of carbonyl (C=O) groups excluding carboxylic acids is 1. The third kappa shape index (κ3) is 4.77. The van der Waals surface area contributed by atoms with Gasteiger partial charge >= 0.3 is 6.03 Å². The maximum Gasteiger partial charge on any atom is 0.315 e. The van der Waals surface area contributed by atoms with Crippen LogP contribution in [0, 0.1) is 0 Å². The molecule has 0 bridgehead atoms. The largest absolute Gasteiger partial charge is 0.338 e. The van der Waals surface area contributed by atoms with Crippen LogP contribution in [0.2, 0.25) is 5.02 Å². The van der Waals surface area contributed by atoms with E-state index >= 15 is 0 Å². The van der Waals surface area contributed by atoms with E-state index in [1.807, 2.05) is 42.5 Å². The molecule has 0 saturated heterocycles. The van der Waals surface area contributed by atoms with Crippen molar-refractivity contribution in [2.75, 3.05) is 6.54 Å². The average molecular weight is 357 g/mol. The Kier molecular flexibility index (Phi) is 5.58. The maximum atomic E-state index is 11.9. The van der Waals surface area contributed by atoms with E-state index in [-0.39, 0.29) is 12.6 Å². The van der Waals surface area contributed by atoms with Gasteiger partial charge in [0.25, 0.3) is 0 Å². The molecule has 7 nitrogen and oxygen atoms in total. The van der Waals surface area contributed by atoms with Gasteiger partial charge in [-0.3, -0.25) is 0 Å². The smallest absolute Gasteiger partial charge is 0.315 e. The molecule has 0 spiro atoms. The van der Waals surface area contributed by atoms with Crippen LogP contribution in [-0.2, 0) is 13.0 Å². The molecule has 0 aliphatic carbocycles. The SMILES string of the molecule is O=C(NCCc1ccccc1)NCc1nnnn1-c1ccc(Cl)cc1. The summed E-state index contributed by atoms with van der Waals surface area (Å²) in [5, 5.41) is 17.7. The van der Waals surface area contributed by atoms with Crippen LogP contribution < -0.4 is 10.6 Å². The summed E-state index contributed by atoms with van der Waals surface area (Å²) in [4.78, 5) is 11.9. The topological polar surface area (TPSA) is 84.7 Å². The van der Waals surface area contributed by atoms with Crippen molar-refractivity contribution in [2.24, 2.45) is 0 Å². The molecule has 0 atom stereocenters. The molecule has 1 aromatic heterocycles. The highest BCUT2D eigenvalue weighted by molar-refractivity contribution is 6.30. The van der Waals surface area contributed by atoms with Gasteiger partial charge in [0.2, 0.25) is 0 Å². The van der Waals surface area contributed by atoms with Gasteiger partial charge < -0.3 is 10.6 Å². The lowest BCUT2D eigenvalue weighted by Gasteiger charge is -2.08. The molecule has 3 aromatic rings. The van der Waals surface area contributed by atoms with Crippen molar-refractivity contribution in [1.82, 2.24) is 30.8 Å². The second kappa shape index (κ2) is 8.25. The fraction of sp³-hybridized carbons (Fsp3) is 0.176. The van der Waals surface area contributed by atoms with Gasteiger partial charge in [-0.15, -0.1) is 5.10 Å². The first-order valence-electron chi connectivity index (χ1n) is 7.81. The molecule has 8 heteroatoms. The van der Waals surface area contributed by atoms with Gasteiger partial charge in [0.1, 0.15) is 0 Å². The summed E-state index contributed by atoms with van der Waals surface area (Å²) >= 11 is 5.88. The monoisotopic (exact) mass is 356 g/mol. The molecule has 0 unspecified atom stereocenters.